The van der Waals surface area contributed by atoms with E-state index in [9.17, 15) is 13.2 Å². The van der Waals surface area contributed by atoms with Crippen LogP contribution < -0.4 is 10.1 Å². The lowest BCUT2D eigenvalue weighted by atomic mass is 10.3. The molecule has 0 aliphatic carbocycles. The Bertz CT molecular complexity index is 493. The van der Waals surface area contributed by atoms with E-state index in [-0.39, 0.29) is 0 Å². The van der Waals surface area contributed by atoms with Gasteiger partial charge in [-0.3, -0.25) is 4.79 Å². The fourth-order valence-electron chi connectivity index (χ4n) is 1.11. The molecule has 0 spiro atoms. The number of methoxy groups -OCH3 is 1. The number of carbonyl (C=O) groups excluding carboxylic acids is 1. The molecule has 0 heterocycles. The van der Waals surface area contributed by atoms with Crippen molar-refractivity contribution in [2.24, 2.45) is 0 Å². The van der Waals surface area contributed by atoms with Crippen molar-refractivity contribution < 1.29 is 17.9 Å². The largest absolute Gasteiger partial charge is 0.497 e. The summed E-state index contributed by atoms with van der Waals surface area (Å²) >= 11 is 0. The van der Waals surface area contributed by atoms with Crippen LogP contribution in [0.15, 0.2) is 24.3 Å². The predicted molar refractivity (Wildman–Crippen MR) is 65.9 cm³/mol. The lowest BCUT2D eigenvalue weighted by molar-refractivity contribution is -0.115. The molecule has 0 unspecified atom stereocenters. The van der Waals surface area contributed by atoms with Gasteiger partial charge in [-0.05, 0) is 31.2 Å². The lowest BCUT2D eigenvalue weighted by Gasteiger charge is -2.10. The molecule has 0 aliphatic rings. The average Bonchev–Trinajstić information content (AvgIpc) is 2.27. The van der Waals surface area contributed by atoms with Gasteiger partial charge in [0.25, 0.3) is 0 Å². The molecule has 1 N–H and O–H groups in total. The summed E-state index contributed by atoms with van der Waals surface area (Å²) in [5.74, 6) is 0.122. The number of hydrogen-bond donors (Lipinski definition) is 1. The van der Waals surface area contributed by atoms with Gasteiger partial charge in [-0.25, -0.2) is 8.42 Å². The van der Waals surface area contributed by atoms with Crippen molar-refractivity contribution in [1.82, 2.24) is 0 Å². The molecule has 17 heavy (non-hydrogen) atoms. The maximum Gasteiger partial charge on any atom is 0.242 e. The first-order valence-electron chi connectivity index (χ1n) is 4.98. The van der Waals surface area contributed by atoms with Crippen LogP contribution in [0, 0.1) is 0 Å². The van der Waals surface area contributed by atoms with Gasteiger partial charge >= 0.3 is 0 Å². The van der Waals surface area contributed by atoms with Crippen LogP contribution in [0.4, 0.5) is 5.69 Å². The molecular weight excluding hydrogens is 242 g/mol. The smallest absolute Gasteiger partial charge is 0.242 e. The highest BCUT2D eigenvalue weighted by molar-refractivity contribution is 7.92. The van der Waals surface area contributed by atoms with Crippen molar-refractivity contribution in [1.29, 1.82) is 0 Å². The first-order chi connectivity index (χ1) is 7.84. The third-order valence-corrected chi connectivity index (χ3v) is 3.87. The van der Waals surface area contributed by atoms with Gasteiger partial charge in [-0.1, -0.05) is 0 Å². The summed E-state index contributed by atoms with van der Waals surface area (Å²) in [6, 6.07) is 6.65. The summed E-state index contributed by atoms with van der Waals surface area (Å²) in [6.07, 6.45) is 1.03. The highest BCUT2D eigenvalue weighted by atomic mass is 32.2. The van der Waals surface area contributed by atoms with E-state index in [1.165, 1.54) is 6.92 Å². The van der Waals surface area contributed by atoms with Crippen LogP contribution in [-0.2, 0) is 14.6 Å². The number of anilines is 1. The van der Waals surface area contributed by atoms with Gasteiger partial charge in [0.05, 0.1) is 7.11 Å². The summed E-state index contributed by atoms with van der Waals surface area (Å²) in [4.78, 5) is 11.6. The molecule has 0 aliphatic heterocycles. The van der Waals surface area contributed by atoms with Gasteiger partial charge in [-0.2, -0.15) is 0 Å². The maximum absolute atomic E-state index is 11.6. The first-order valence-corrected chi connectivity index (χ1v) is 6.94. The minimum Gasteiger partial charge on any atom is -0.497 e. The molecule has 0 saturated heterocycles. The minimum absolute atomic E-state index is 0.534. The molecular formula is C11H15NO4S. The second kappa shape index (κ2) is 5.18. The van der Waals surface area contributed by atoms with E-state index >= 15 is 0 Å². The van der Waals surface area contributed by atoms with Crippen LogP contribution in [-0.4, -0.2) is 32.9 Å². The fourth-order valence-corrected chi connectivity index (χ4v) is 1.56. The van der Waals surface area contributed by atoms with Crippen LogP contribution in [0.2, 0.25) is 0 Å². The van der Waals surface area contributed by atoms with Gasteiger partial charge in [-0.15, -0.1) is 0 Å². The summed E-state index contributed by atoms with van der Waals surface area (Å²) in [7, 11) is -1.83. The standard InChI is InChI=1S/C11H15NO4S/c1-8(17(3,14)15)11(13)12-9-4-6-10(16-2)7-5-9/h4-8H,1-3H3,(H,12,13)/t8-/m0/s1. The van der Waals surface area contributed by atoms with Gasteiger partial charge in [0.15, 0.2) is 9.84 Å². The molecule has 0 fully saturated rings. The molecule has 0 radical (unpaired) electrons. The van der Waals surface area contributed by atoms with Crippen molar-refractivity contribution >= 4 is 21.4 Å². The third kappa shape index (κ3) is 3.74. The van der Waals surface area contributed by atoms with E-state index in [4.69, 9.17) is 4.74 Å². The van der Waals surface area contributed by atoms with Crippen molar-refractivity contribution in [2.75, 3.05) is 18.7 Å². The molecule has 1 atom stereocenters. The van der Waals surface area contributed by atoms with Gasteiger partial charge in [0.1, 0.15) is 11.0 Å². The van der Waals surface area contributed by atoms with Crippen molar-refractivity contribution in [3.63, 3.8) is 0 Å². The SMILES string of the molecule is COc1ccc(NC(=O)[C@H](C)S(C)(=O)=O)cc1. The predicted octanol–water partition coefficient (Wildman–Crippen LogP) is 1.07. The number of amides is 1. The third-order valence-electron chi connectivity index (χ3n) is 2.37. The first kappa shape index (κ1) is 13.5. The van der Waals surface area contributed by atoms with Crippen molar-refractivity contribution in [3.05, 3.63) is 24.3 Å². The number of benzene rings is 1. The van der Waals surface area contributed by atoms with Gasteiger partial charge in [0.2, 0.25) is 5.91 Å². The Balaban J connectivity index is 2.74. The van der Waals surface area contributed by atoms with Crippen LogP contribution >= 0.6 is 0 Å². The Labute approximate surface area is 101 Å². The van der Waals surface area contributed by atoms with Crippen LogP contribution in [0.5, 0.6) is 5.75 Å². The Kier molecular flexibility index (Phi) is 4.11. The van der Waals surface area contributed by atoms with Crippen LogP contribution in [0.1, 0.15) is 6.92 Å². The van der Waals surface area contributed by atoms with E-state index in [2.05, 4.69) is 5.32 Å². The Morgan fingerprint density at radius 3 is 2.24 bits per heavy atom. The Morgan fingerprint density at radius 2 is 1.82 bits per heavy atom. The highest BCUT2D eigenvalue weighted by Gasteiger charge is 2.23. The number of ether oxygens (including phenoxy) is 1. The second-order valence-electron chi connectivity index (χ2n) is 3.69. The number of nitrogens with one attached hydrogen (secondary N) is 1. The van der Waals surface area contributed by atoms with E-state index < -0.39 is 21.0 Å². The lowest BCUT2D eigenvalue weighted by Crippen LogP contribution is -2.31. The van der Waals surface area contributed by atoms with Crippen molar-refractivity contribution in [3.8, 4) is 5.75 Å². The van der Waals surface area contributed by atoms with E-state index in [0.29, 0.717) is 11.4 Å². The molecule has 1 rings (SSSR count). The van der Waals surface area contributed by atoms with E-state index in [1.54, 1.807) is 31.4 Å². The topological polar surface area (TPSA) is 72.5 Å². The summed E-state index contributed by atoms with van der Waals surface area (Å²) < 4.78 is 27.3. The van der Waals surface area contributed by atoms with Crippen LogP contribution in [0.25, 0.3) is 0 Å². The molecule has 6 heteroatoms. The molecule has 5 nitrogen and oxygen atoms in total. The zero-order valence-electron chi connectivity index (χ0n) is 9.93. The zero-order chi connectivity index (χ0) is 13.1. The summed E-state index contributed by atoms with van der Waals surface area (Å²) in [5, 5.41) is 1.46. The number of hydrogen-bond acceptors (Lipinski definition) is 4. The fraction of sp³-hybridized carbons (Fsp3) is 0.364. The molecule has 94 valence electrons. The molecule has 1 aromatic rings. The second-order valence-corrected chi connectivity index (χ2v) is 6.06. The number of rotatable bonds is 4. The zero-order valence-corrected chi connectivity index (χ0v) is 10.7. The average molecular weight is 257 g/mol. The Hall–Kier alpha value is -1.56. The van der Waals surface area contributed by atoms with Gasteiger partial charge < -0.3 is 10.1 Å². The monoisotopic (exact) mass is 257 g/mol. The molecule has 0 aromatic heterocycles. The maximum atomic E-state index is 11.6. The quantitative estimate of drug-likeness (QED) is 0.875. The Morgan fingerprint density at radius 1 is 1.29 bits per heavy atom. The molecule has 1 amide bonds. The summed E-state index contributed by atoms with van der Waals surface area (Å²) in [5.41, 5.74) is 0.534. The molecule has 1 aromatic carbocycles. The normalized spacial score (nSPS) is 12.9. The number of carbonyl (C=O) groups is 1. The summed E-state index contributed by atoms with van der Waals surface area (Å²) in [6.45, 7) is 1.36. The molecule has 0 bridgehead atoms. The molecule has 0 saturated carbocycles. The van der Waals surface area contributed by atoms with E-state index in [0.717, 1.165) is 6.26 Å². The number of sulfone groups is 1. The van der Waals surface area contributed by atoms with Crippen LogP contribution in [0.3, 0.4) is 0 Å². The van der Waals surface area contributed by atoms with Crippen molar-refractivity contribution in [2.45, 2.75) is 12.2 Å². The van der Waals surface area contributed by atoms with Gasteiger partial charge in [0, 0.05) is 11.9 Å². The highest BCUT2D eigenvalue weighted by Crippen LogP contribution is 2.15. The van der Waals surface area contributed by atoms with E-state index in [1.807, 2.05) is 0 Å². The minimum atomic E-state index is -3.37.